The van der Waals surface area contributed by atoms with Crippen LogP contribution in [0, 0.1) is 0 Å². The molecule has 0 aliphatic heterocycles. The highest BCUT2D eigenvalue weighted by atomic mass is 16.5. The Hall–Kier alpha value is -0.120. The second-order valence-corrected chi connectivity index (χ2v) is 3.12. The molecule has 0 radical (unpaired) electrons. The molecule has 0 aliphatic rings. The normalized spacial score (nSPS) is 9.43. The van der Waals surface area contributed by atoms with Crippen LogP contribution in [-0.2, 0) is 4.74 Å². The van der Waals surface area contributed by atoms with E-state index in [0.29, 0.717) is 0 Å². The van der Waals surface area contributed by atoms with Crippen LogP contribution in [0.4, 0.5) is 0 Å². The van der Waals surface area contributed by atoms with Crippen LogP contribution in [-0.4, -0.2) is 36.6 Å². The van der Waals surface area contributed by atoms with E-state index in [1.807, 2.05) is 0 Å². The highest BCUT2D eigenvalue weighted by Crippen LogP contribution is 1.98. The zero-order valence-electron chi connectivity index (χ0n) is 9.67. The van der Waals surface area contributed by atoms with Gasteiger partial charge >= 0.3 is 0 Å². The first-order chi connectivity index (χ1) is 6.83. The molecule has 0 fully saturated rings. The molecular weight excluding hydrogens is 180 g/mol. The predicted octanol–water partition coefficient (Wildman–Crippen LogP) is 1.96. The number of unbranched alkanes of at least 4 members (excludes halogenated alkanes) is 3. The van der Waals surface area contributed by atoms with Gasteiger partial charge < -0.3 is 14.9 Å². The average Bonchev–Trinajstić information content (AvgIpc) is 2.24. The third-order valence-corrected chi connectivity index (χ3v) is 1.59. The predicted molar refractivity (Wildman–Crippen MR) is 59.4 cm³/mol. The maximum absolute atomic E-state index is 7.62. The Bertz CT molecular complexity index is 66.9. The molecule has 3 heteroatoms. The molecule has 0 atom stereocenters. The molecule has 0 bridgehead atoms. The zero-order valence-corrected chi connectivity index (χ0v) is 9.67. The van der Waals surface area contributed by atoms with E-state index >= 15 is 0 Å². The highest BCUT2D eigenvalue weighted by molar-refractivity contribution is 4.38. The van der Waals surface area contributed by atoms with Gasteiger partial charge in [0.15, 0.2) is 0 Å². The van der Waals surface area contributed by atoms with Crippen molar-refractivity contribution in [1.82, 2.24) is 0 Å². The second-order valence-electron chi connectivity index (χ2n) is 3.12. The van der Waals surface area contributed by atoms with Crippen molar-refractivity contribution >= 4 is 0 Å². The number of rotatable bonds is 8. The number of hydrogen-bond donors (Lipinski definition) is 2. The van der Waals surface area contributed by atoms with Crippen LogP contribution >= 0.6 is 0 Å². The van der Waals surface area contributed by atoms with E-state index in [-0.39, 0.29) is 13.2 Å². The molecule has 0 spiro atoms. The number of ether oxygens (including phenoxy) is 1. The van der Waals surface area contributed by atoms with Crippen molar-refractivity contribution < 1.29 is 14.9 Å². The molecule has 0 saturated heterocycles. The summed E-state index contributed by atoms with van der Waals surface area (Å²) >= 11 is 0. The van der Waals surface area contributed by atoms with Crippen molar-refractivity contribution in [1.29, 1.82) is 0 Å². The molecule has 0 aliphatic carbocycles. The lowest BCUT2D eigenvalue weighted by atomic mass is 10.2. The lowest BCUT2D eigenvalue weighted by molar-refractivity contribution is 0.130. The Balaban J connectivity index is 0. The summed E-state index contributed by atoms with van der Waals surface area (Å²) in [5, 5.41) is 15.2. The second kappa shape index (κ2) is 18.6. The van der Waals surface area contributed by atoms with Crippen molar-refractivity contribution in [2.24, 2.45) is 0 Å². The SMILES string of the molecule is CCCCCCOCCC.OCCO. The maximum atomic E-state index is 7.62. The quantitative estimate of drug-likeness (QED) is 0.597. The number of aliphatic hydroxyl groups excluding tert-OH is 2. The lowest BCUT2D eigenvalue weighted by Crippen LogP contribution is -1.94. The van der Waals surface area contributed by atoms with Crippen LogP contribution in [0.25, 0.3) is 0 Å². The van der Waals surface area contributed by atoms with E-state index in [4.69, 9.17) is 14.9 Å². The van der Waals surface area contributed by atoms with E-state index in [1.165, 1.54) is 25.7 Å². The monoisotopic (exact) mass is 206 g/mol. The minimum Gasteiger partial charge on any atom is -0.394 e. The van der Waals surface area contributed by atoms with Gasteiger partial charge in [-0.1, -0.05) is 33.1 Å². The van der Waals surface area contributed by atoms with Gasteiger partial charge in [-0.05, 0) is 12.8 Å². The maximum Gasteiger partial charge on any atom is 0.0662 e. The molecule has 88 valence electrons. The van der Waals surface area contributed by atoms with Crippen LogP contribution in [0.1, 0.15) is 46.0 Å². The van der Waals surface area contributed by atoms with E-state index < -0.39 is 0 Å². The Kier molecular flexibility index (Phi) is 21.7. The summed E-state index contributed by atoms with van der Waals surface area (Å²) in [4.78, 5) is 0. The molecule has 0 unspecified atom stereocenters. The van der Waals surface area contributed by atoms with Crippen molar-refractivity contribution in [3.8, 4) is 0 Å². The topological polar surface area (TPSA) is 49.7 Å². The Morgan fingerprint density at radius 1 is 0.786 bits per heavy atom. The summed E-state index contributed by atoms with van der Waals surface area (Å²) in [6.45, 7) is 6.03. The van der Waals surface area contributed by atoms with Gasteiger partial charge in [-0.15, -0.1) is 0 Å². The van der Waals surface area contributed by atoms with Gasteiger partial charge in [-0.25, -0.2) is 0 Å². The number of hydrogen-bond acceptors (Lipinski definition) is 3. The summed E-state index contributed by atoms with van der Waals surface area (Å²) in [6, 6.07) is 0. The first kappa shape index (κ1) is 16.3. The van der Waals surface area contributed by atoms with Crippen molar-refractivity contribution in [3.63, 3.8) is 0 Å². The van der Waals surface area contributed by atoms with E-state index in [1.54, 1.807) is 0 Å². The third kappa shape index (κ3) is 22.6. The number of aliphatic hydroxyl groups is 2. The standard InChI is InChI=1S/C9H20O.C2H6O2/c1-3-5-6-7-9-10-8-4-2;3-1-2-4/h3-9H2,1-2H3;3-4H,1-2H2. The zero-order chi connectivity index (χ0) is 11.1. The molecule has 2 N–H and O–H groups in total. The van der Waals surface area contributed by atoms with Crippen molar-refractivity contribution in [2.45, 2.75) is 46.0 Å². The lowest BCUT2D eigenvalue weighted by Gasteiger charge is -2.00. The van der Waals surface area contributed by atoms with Gasteiger partial charge in [-0.2, -0.15) is 0 Å². The smallest absolute Gasteiger partial charge is 0.0662 e. The van der Waals surface area contributed by atoms with E-state index in [2.05, 4.69) is 13.8 Å². The fraction of sp³-hybridized carbons (Fsp3) is 1.00. The first-order valence-electron chi connectivity index (χ1n) is 5.62. The Labute approximate surface area is 88.1 Å². The van der Waals surface area contributed by atoms with Crippen molar-refractivity contribution in [3.05, 3.63) is 0 Å². The van der Waals surface area contributed by atoms with Crippen LogP contribution < -0.4 is 0 Å². The molecule has 0 amide bonds. The molecule has 0 saturated carbocycles. The fourth-order valence-electron chi connectivity index (χ4n) is 0.877. The van der Waals surface area contributed by atoms with Gasteiger partial charge in [0.2, 0.25) is 0 Å². The summed E-state index contributed by atoms with van der Waals surface area (Å²) in [5.74, 6) is 0. The third-order valence-electron chi connectivity index (χ3n) is 1.59. The molecule has 0 heterocycles. The van der Waals surface area contributed by atoms with Gasteiger partial charge in [0.1, 0.15) is 0 Å². The molecule has 0 aromatic heterocycles. The van der Waals surface area contributed by atoms with E-state index in [9.17, 15) is 0 Å². The molecule has 0 rings (SSSR count). The van der Waals surface area contributed by atoms with Gasteiger partial charge in [0, 0.05) is 13.2 Å². The first-order valence-corrected chi connectivity index (χ1v) is 5.62. The minimum absolute atomic E-state index is 0.125. The molecule has 3 nitrogen and oxygen atoms in total. The van der Waals surface area contributed by atoms with E-state index in [0.717, 1.165) is 19.6 Å². The summed E-state index contributed by atoms with van der Waals surface area (Å²) in [6.07, 6.45) is 6.39. The molecular formula is C11H26O3. The molecule has 14 heavy (non-hydrogen) atoms. The molecule has 0 aromatic carbocycles. The van der Waals surface area contributed by atoms with Crippen LogP contribution in [0.5, 0.6) is 0 Å². The average molecular weight is 206 g/mol. The largest absolute Gasteiger partial charge is 0.394 e. The van der Waals surface area contributed by atoms with Crippen LogP contribution in [0.2, 0.25) is 0 Å². The summed E-state index contributed by atoms with van der Waals surface area (Å²) < 4.78 is 5.33. The van der Waals surface area contributed by atoms with Crippen LogP contribution in [0.3, 0.4) is 0 Å². The fourth-order valence-corrected chi connectivity index (χ4v) is 0.877. The van der Waals surface area contributed by atoms with Gasteiger partial charge in [-0.3, -0.25) is 0 Å². The molecule has 0 aromatic rings. The summed E-state index contributed by atoms with van der Waals surface area (Å²) in [7, 11) is 0. The Morgan fingerprint density at radius 2 is 1.43 bits per heavy atom. The van der Waals surface area contributed by atoms with Crippen molar-refractivity contribution in [2.75, 3.05) is 26.4 Å². The Morgan fingerprint density at radius 3 is 1.86 bits per heavy atom. The van der Waals surface area contributed by atoms with Gasteiger partial charge in [0.25, 0.3) is 0 Å². The van der Waals surface area contributed by atoms with Gasteiger partial charge in [0.05, 0.1) is 13.2 Å². The minimum atomic E-state index is -0.125. The highest BCUT2D eigenvalue weighted by Gasteiger charge is 1.86. The summed E-state index contributed by atoms with van der Waals surface area (Å²) in [5.41, 5.74) is 0. The van der Waals surface area contributed by atoms with Crippen LogP contribution in [0.15, 0.2) is 0 Å².